The van der Waals surface area contributed by atoms with Crippen LogP contribution in [0.15, 0.2) is 30.3 Å². The Kier molecular flexibility index (Phi) is 8.89. The molecule has 2 rings (SSSR count). The van der Waals surface area contributed by atoms with Gasteiger partial charge in [0.15, 0.2) is 0 Å². The van der Waals surface area contributed by atoms with Gasteiger partial charge in [-0.05, 0) is 39.7 Å². The maximum Gasteiger partial charge on any atom is 0.411 e. The summed E-state index contributed by atoms with van der Waals surface area (Å²) in [5.74, 6) is -0.322. The van der Waals surface area contributed by atoms with Crippen LogP contribution >= 0.6 is 0 Å². The topological polar surface area (TPSA) is 99.6 Å². The average molecular weight is 450 g/mol. The largest absolute Gasteiger partial charge is 0.445 e. The van der Waals surface area contributed by atoms with Crippen molar-refractivity contribution in [2.75, 3.05) is 33.3 Å². The molecule has 1 N–H and O–H groups in total. The summed E-state index contributed by atoms with van der Waals surface area (Å²) in [6.45, 7) is 7.62. The van der Waals surface area contributed by atoms with E-state index in [2.05, 4.69) is 0 Å². The van der Waals surface area contributed by atoms with E-state index in [4.69, 9.17) is 14.6 Å². The standard InChI is InChI=1S/C23H35N3O6/c1-17-14-26(22(30)32-23(2,3)4)19(20(28)24(5)12-9-13-27)15-25(17)21(29)31-16-18-10-7-6-8-11-18/h6-8,10-11,17,19,27H,9,12-16H2,1-5H3. The molecule has 1 heterocycles. The molecule has 1 aliphatic heterocycles. The number of hydrogen-bond acceptors (Lipinski definition) is 6. The van der Waals surface area contributed by atoms with E-state index in [0.717, 1.165) is 5.56 Å². The van der Waals surface area contributed by atoms with Crippen LogP contribution in [0.1, 0.15) is 39.7 Å². The molecule has 3 amide bonds. The van der Waals surface area contributed by atoms with Crippen LogP contribution in [0, 0.1) is 0 Å². The van der Waals surface area contributed by atoms with E-state index in [1.54, 1.807) is 34.7 Å². The van der Waals surface area contributed by atoms with Crippen LogP contribution < -0.4 is 0 Å². The molecule has 1 saturated heterocycles. The number of amides is 3. The van der Waals surface area contributed by atoms with Crippen LogP contribution in [0.5, 0.6) is 0 Å². The number of nitrogens with zero attached hydrogens (tertiary/aromatic N) is 3. The number of ether oxygens (including phenoxy) is 2. The van der Waals surface area contributed by atoms with Crippen molar-refractivity contribution in [2.45, 2.75) is 58.4 Å². The molecule has 1 aromatic carbocycles. The quantitative estimate of drug-likeness (QED) is 0.716. The normalized spacial score (nSPS) is 18.8. The van der Waals surface area contributed by atoms with Crippen LogP contribution in [-0.4, -0.2) is 88.9 Å². The van der Waals surface area contributed by atoms with Crippen molar-refractivity contribution < 1.29 is 29.0 Å². The second-order valence-corrected chi connectivity index (χ2v) is 9.03. The smallest absolute Gasteiger partial charge is 0.411 e. The van der Waals surface area contributed by atoms with Gasteiger partial charge in [-0.1, -0.05) is 30.3 Å². The number of rotatable bonds is 6. The van der Waals surface area contributed by atoms with Crippen molar-refractivity contribution in [1.82, 2.24) is 14.7 Å². The third-order valence-electron chi connectivity index (χ3n) is 5.12. The maximum absolute atomic E-state index is 13.2. The summed E-state index contributed by atoms with van der Waals surface area (Å²) >= 11 is 0. The molecule has 0 aromatic heterocycles. The summed E-state index contributed by atoms with van der Waals surface area (Å²) in [4.78, 5) is 43.1. The Labute approximate surface area is 189 Å². The van der Waals surface area contributed by atoms with Crippen molar-refractivity contribution in [3.63, 3.8) is 0 Å². The van der Waals surface area contributed by atoms with Crippen LogP contribution in [0.25, 0.3) is 0 Å². The third-order valence-corrected chi connectivity index (χ3v) is 5.12. The molecule has 1 fully saturated rings. The van der Waals surface area contributed by atoms with Gasteiger partial charge in [0.1, 0.15) is 18.2 Å². The Bertz CT molecular complexity index is 780. The number of aliphatic hydroxyl groups excluding tert-OH is 1. The minimum Gasteiger partial charge on any atom is -0.445 e. The lowest BCUT2D eigenvalue weighted by molar-refractivity contribution is -0.138. The molecule has 2 unspecified atom stereocenters. The van der Waals surface area contributed by atoms with Crippen LogP contribution in [-0.2, 0) is 20.9 Å². The lowest BCUT2D eigenvalue weighted by atomic mass is 10.1. The van der Waals surface area contributed by atoms with Gasteiger partial charge in [0, 0.05) is 26.7 Å². The predicted octanol–water partition coefficient (Wildman–Crippen LogP) is 2.47. The summed E-state index contributed by atoms with van der Waals surface area (Å²) in [7, 11) is 1.61. The van der Waals surface area contributed by atoms with Gasteiger partial charge in [0.05, 0.1) is 12.6 Å². The van der Waals surface area contributed by atoms with Crippen molar-refractivity contribution >= 4 is 18.1 Å². The zero-order valence-corrected chi connectivity index (χ0v) is 19.6. The summed E-state index contributed by atoms with van der Waals surface area (Å²) in [6, 6.07) is 8.06. The fraction of sp³-hybridized carbons (Fsp3) is 0.609. The molecular weight excluding hydrogens is 414 g/mol. The van der Waals surface area contributed by atoms with Gasteiger partial charge in [-0.3, -0.25) is 9.69 Å². The van der Waals surface area contributed by atoms with E-state index in [1.807, 2.05) is 30.3 Å². The van der Waals surface area contributed by atoms with Gasteiger partial charge >= 0.3 is 12.2 Å². The van der Waals surface area contributed by atoms with Crippen molar-refractivity contribution in [3.05, 3.63) is 35.9 Å². The summed E-state index contributed by atoms with van der Waals surface area (Å²) in [6.07, 6.45) is -0.725. The molecule has 1 aromatic rings. The van der Waals surface area contributed by atoms with Crippen LogP contribution in [0.3, 0.4) is 0 Å². The lowest BCUT2D eigenvalue weighted by Gasteiger charge is -2.44. The SMILES string of the molecule is CC1CN(C(=O)OC(C)(C)C)C(C(=O)N(C)CCCO)CN1C(=O)OCc1ccccc1. The number of piperazine rings is 1. The van der Waals surface area contributed by atoms with Crippen molar-refractivity contribution in [2.24, 2.45) is 0 Å². The van der Waals surface area contributed by atoms with E-state index in [-0.39, 0.29) is 38.3 Å². The molecule has 2 atom stereocenters. The molecular formula is C23H35N3O6. The van der Waals surface area contributed by atoms with Gasteiger partial charge in [0.2, 0.25) is 5.91 Å². The fourth-order valence-corrected chi connectivity index (χ4v) is 3.44. The number of benzene rings is 1. The van der Waals surface area contributed by atoms with Gasteiger partial charge in [-0.15, -0.1) is 0 Å². The zero-order valence-electron chi connectivity index (χ0n) is 19.6. The first-order chi connectivity index (χ1) is 15.0. The Hall–Kier alpha value is -2.81. The predicted molar refractivity (Wildman–Crippen MR) is 119 cm³/mol. The Morgan fingerprint density at radius 1 is 1.09 bits per heavy atom. The molecule has 0 saturated carbocycles. The minimum atomic E-state index is -0.908. The Morgan fingerprint density at radius 3 is 2.34 bits per heavy atom. The second-order valence-electron chi connectivity index (χ2n) is 9.03. The van der Waals surface area contributed by atoms with Crippen LogP contribution in [0.2, 0.25) is 0 Å². The Balaban J connectivity index is 2.17. The molecule has 32 heavy (non-hydrogen) atoms. The molecule has 1 aliphatic rings. The minimum absolute atomic E-state index is 0.00364. The van der Waals surface area contributed by atoms with Crippen molar-refractivity contribution in [3.8, 4) is 0 Å². The monoisotopic (exact) mass is 449 g/mol. The first-order valence-electron chi connectivity index (χ1n) is 10.9. The van der Waals surface area contributed by atoms with E-state index in [1.165, 1.54) is 14.7 Å². The number of carbonyl (C=O) groups excluding carboxylic acids is 3. The molecule has 0 radical (unpaired) electrons. The number of hydrogen-bond donors (Lipinski definition) is 1. The summed E-state index contributed by atoms with van der Waals surface area (Å²) in [5.41, 5.74) is 0.139. The lowest BCUT2D eigenvalue weighted by Crippen LogP contribution is -2.65. The van der Waals surface area contributed by atoms with E-state index in [0.29, 0.717) is 13.0 Å². The van der Waals surface area contributed by atoms with E-state index in [9.17, 15) is 14.4 Å². The van der Waals surface area contributed by atoms with Gasteiger partial charge in [0.25, 0.3) is 0 Å². The second kappa shape index (κ2) is 11.2. The highest BCUT2D eigenvalue weighted by atomic mass is 16.6. The zero-order chi connectivity index (χ0) is 23.9. The third kappa shape index (κ3) is 7.12. The highest BCUT2D eigenvalue weighted by Gasteiger charge is 2.43. The van der Waals surface area contributed by atoms with E-state index < -0.39 is 23.8 Å². The molecule has 9 heteroatoms. The Morgan fingerprint density at radius 2 is 1.75 bits per heavy atom. The molecule has 0 spiro atoms. The molecule has 0 aliphatic carbocycles. The summed E-state index contributed by atoms with van der Waals surface area (Å²) in [5, 5.41) is 9.09. The fourth-order valence-electron chi connectivity index (χ4n) is 3.44. The first-order valence-corrected chi connectivity index (χ1v) is 10.9. The first kappa shape index (κ1) is 25.5. The maximum atomic E-state index is 13.2. The van der Waals surface area contributed by atoms with E-state index >= 15 is 0 Å². The molecule has 0 bridgehead atoms. The highest BCUT2D eigenvalue weighted by molar-refractivity contribution is 5.87. The van der Waals surface area contributed by atoms with Gasteiger partial charge < -0.3 is 24.4 Å². The van der Waals surface area contributed by atoms with Crippen molar-refractivity contribution in [1.29, 1.82) is 0 Å². The highest BCUT2D eigenvalue weighted by Crippen LogP contribution is 2.22. The summed E-state index contributed by atoms with van der Waals surface area (Å²) < 4.78 is 11.0. The van der Waals surface area contributed by atoms with Crippen LogP contribution in [0.4, 0.5) is 9.59 Å². The number of carbonyl (C=O) groups is 3. The molecule has 178 valence electrons. The number of likely N-dealkylation sites (N-methyl/N-ethyl adjacent to an activating group) is 1. The molecule has 9 nitrogen and oxygen atoms in total. The number of aliphatic hydroxyl groups is 1. The van der Waals surface area contributed by atoms with Gasteiger partial charge in [-0.25, -0.2) is 9.59 Å². The van der Waals surface area contributed by atoms with Gasteiger partial charge in [-0.2, -0.15) is 0 Å². The average Bonchev–Trinajstić information content (AvgIpc) is 2.74.